The Morgan fingerprint density at radius 3 is 3.00 bits per heavy atom. The summed E-state index contributed by atoms with van der Waals surface area (Å²) < 4.78 is 5.28. The minimum atomic E-state index is -0.136. The number of carbonyl (C=O) groups excluding carboxylic acids is 1. The Bertz CT molecular complexity index is 411. The summed E-state index contributed by atoms with van der Waals surface area (Å²) in [6, 6.07) is 4.86. The lowest BCUT2D eigenvalue weighted by atomic mass is 10.1. The van der Waals surface area contributed by atoms with Crippen LogP contribution >= 0.6 is 11.6 Å². The summed E-state index contributed by atoms with van der Waals surface area (Å²) in [5.41, 5.74) is 6.64. The van der Waals surface area contributed by atoms with E-state index in [2.05, 4.69) is 5.32 Å². The van der Waals surface area contributed by atoms with E-state index >= 15 is 0 Å². The lowest BCUT2D eigenvalue weighted by molar-refractivity contribution is 0.0950. The van der Waals surface area contributed by atoms with Crippen LogP contribution in [0.25, 0.3) is 0 Å². The van der Waals surface area contributed by atoms with Crippen LogP contribution < -0.4 is 11.1 Å². The van der Waals surface area contributed by atoms with E-state index in [1.165, 1.54) is 0 Å². The van der Waals surface area contributed by atoms with Crippen molar-refractivity contribution < 1.29 is 9.53 Å². The number of ether oxygens (including phenoxy) is 1. The zero-order valence-corrected chi connectivity index (χ0v) is 10.9. The van der Waals surface area contributed by atoms with Gasteiger partial charge in [-0.15, -0.1) is 0 Å². The quantitative estimate of drug-likeness (QED) is 0.822. The summed E-state index contributed by atoms with van der Waals surface area (Å²) in [5, 5.41) is 3.35. The highest BCUT2D eigenvalue weighted by atomic mass is 35.5. The minimum Gasteiger partial charge on any atom is -0.399 e. The predicted molar refractivity (Wildman–Crippen MR) is 71.7 cm³/mol. The van der Waals surface area contributed by atoms with E-state index in [4.69, 9.17) is 22.1 Å². The zero-order chi connectivity index (χ0) is 13.0. The van der Waals surface area contributed by atoms with E-state index in [9.17, 15) is 4.79 Å². The number of nitrogens with one attached hydrogen (secondary N) is 1. The maximum absolute atomic E-state index is 11.9. The van der Waals surface area contributed by atoms with Gasteiger partial charge in [-0.2, -0.15) is 0 Å². The molecule has 2 rings (SSSR count). The first-order valence-electron chi connectivity index (χ1n) is 6.07. The number of carbonyl (C=O) groups is 1. The topological polar surface area (TPSA) is 64.4 Å². The SMILES string of the molecule is Nc1cc(Cl)cc(C(=O)NCCC2CCOC2)c1. The van der Waals surface area contributed by atoms with Gasteiger partial charge in [-0.05, 0) is 37.0 Å². The molecular formula is C13H17ClN2O2. The van der Waals surface area contributed by atoms with Crippen molar-refractivity contribution in [3.8, 4) is 0 Å². The molecule has 0 spiro atoms. The Labute approximate surface area is 111 Å². The van der Waals surface area contributed by atoms with Crippen LogP contribution in [0.4, 0.5) is 5.69 Å². The Morgan fingerprint density at radius 1 is 1.50 bits per heavy atom. The Balaban J connectivity index is 1.83. The third-order valence-electron chi connectivity index (χ3n) is 3.04. The van der Waals surface area contributed by atoms with E-state index in [1.54, 1.807) is 18.2 Å². The standard InChI is InChI=1S/C13H17ClN2O2/c14-11-5-10(6-12(15)7-11)13(17)16-3-1-9-2-4-18-8-9/h5-7,9H,1-4,8,15H2,(H,16,17). The molecule has 1 aliphatic rings. The molecule has 1 fully saturated rings. The van der Waals surface area contributed by atoms with Crippen LogP contribution in [0.2, 0.25) is 5.02 Å². The van der Waals surface area contributed by atoms with Gasteiger partial charge in [-0.25, -0.2) is 0 Å². The summed E-state index contributed by atoms with van der Waals surface area (Å²) in [5.74, 6) is 0.429. The first-order chi connectivity index (χ1) is 8.65. The first-order valence-corrected chi connectivity index (χ1v) is 6.45. The monoisotopic (exact) mass is 268 g/mol. The third kappa shape index (κ3) is 3.62. The van der Waals surface area contributed by atoms with Gasteiger partial charge >= 0.3 is 0 Å². The van der Waals surface area contributed by atoms with Crippen molar-refractivity contribution in [2.75, 3.05) is 25.5 Å². The molecule has 0 radical (unpaired) electrons. The van der Waals surface area contributed by atoms with Gasteiger partial charge in [0.1, 0.15) is 0 Å². The Hall–Kier alpha value is -1.26. The van der Waals surface area contributed by atoms with Gasteiger partial charge in [0, 0.05) is 36.0 Å². The number of hydrogen-bond acceptors (Lipinski definition) is 3. The molecule has 0 saturated carbocycles. The number of rotatable bonds is 4. The average molecular weight is 269 g/mol. The molecule has 1 heterocycles. The van der Waals surface area contributed by atoms with E-state index in [0.29, 0.717) is 28.7 Å². The predicted octanol–water partition coefficient (Wildman–Crippen LogP) is 2.08. The minimum absolute atomic E-state index is 0.136. The highest BCUT2D eigenvalue weighted by Crippen LogP contribution is 2.17. The molecule has 1 atom stereocenters. The second kappa shape index (κ2) is 6.07. The molecule has 0 bridgehead atoms. The van der Waals surface area contributed by atoms with Crippen LogP contribution in [0.5, 0.6) is 0 Å². The van der Waals surface area contributed by atoms with Crippen LogP contribution in [-0.4, -0.2) is 25.7 Å². The molecule has 1 unspecified atom stereocenters. The zero-order valence-electron chi connectivity index (χ0n) is 10.1. The molecule has 1 saturated heterocycles. The van der Waals surface area contributed by atoms with Gasteiger partial charge in [0.15, 0.2) is 0 Å². The molecule has 0 aliphatic carbocycles. The van der Waals surface area contributed by atoms with Crippen LogP contribution in [0.1, 0.15) is 23.2 Å². The van der Waals surface area contributed by atoms with Gasteiger partial charge in [-0.1, -0.05) is 11.6 Å². The molecule has 1 amide bonds. The smallest absolute Gasteiger partial charge is 0.251 e. The van der Waals surface area contributed by atoms with Crippen LogP contribution in [0.3, 0.4) is 0 Å². The summed E-state index contributed by atoms with van der Waals surface area (Å²) in [7, 11) is 0. The fourth-order valence-corrected chi connectivity index (χ4v) is 2.29. The van der Waals surface area contributed by atoms with E-state index in [-0.39, 0.29) is 5.91 Å². The van der Waals surface area contributed by atoms with Crippen molar-refractivity contribution in [1.82, 2.24) is 5.32 Å². The summed E-state index contributed by atoms with van der Waals surface area (Å²) in [6.45, 7) is 2.29. The maximum Gasteiger partial charge on any atom is 0.251 e. The molecule has 0 aromatic heterocycles. The van der Waals surface area contributed by atoms with Crippen molar-refractivity contribution in [3.63, 3.8) is 0 Å². The molecule has 1 aromatic rings. The second-order valence-electron chi connectivity index (χ2n) is 4.55. The number of anilines is 1. The van der Waals surface area contributed by atoms with E-state index < -0.39 is 0 Å². The largest absolute Gasteiger partial charge is 0.399 e. The summed E-state index contributed by atoms with van der Waals surface area (Å²) >= 11 is 5.86. The lowest BCUT2D eigenvalue weighted by Gasteiger charge is -2.09. The molecule has 3 N–H and O–H groups in total. The van der Waals surface area contributed by atoms with Crippen molar-refractivity contribution in [1.29, 1.82) is 0 Å². The number of amides is 1. The molecule has 1 aromatic carbocycles. The third-order valence-corrected chi connectivity index (χ3v) is 3.26. The molecule has 18 heavy (non-hydrogen) atoms. The molecule has 4 nitrogen and oxygen atoms in total. The van der Waals surface area contributed by atoms with Crippen molar-refractivity contribution >= 4 is 23.2 Å². The highest BCUT2D eigenvalue weighted by Gasteiger charge is 2.15. The van der Waals surface area contributed by atoms with Gasteiger partial charge in [0.25, 0.3) is 5.91 Å². The number of benzene rings is 1. The molecule has 1 aliphatic heterocycles. The normalized spacial score (nSPS) is 18.8. The van der Waals surface area contributed by atoms with Crippen molar-refractivity contribution in [3.05, 3.63) is 28.8 Å². The van der Waals surface area contributed by atoms with Gasteiger partial charge in [-0.3, -0.25) is 4.79 Å². The number of nitrogen functional groups attached to an aromatic ring is 1. The summed E-state index contributed by atoms with van der Waals surface area (Å²) in [4.78, 5) is 11.9. The highest BCUT2D eigenvalue weighted by molar-refractivity contribution is 6.31. The van der Waals surface area contributed by atoms with Crippen molar-refractivity contribution in [2.24, 2.45) is 5.92 Å². The fraction of sp³-hybridized carbons (Fsp3) is 0.462. The van der Waals surface area contributed by atoms with Crippen LogP contribution in [0, 0.1) is 5.92 Å². The fourth-order valence-electron chi connectivity index (χ4n) is 2.05. The Morgan fingerprint density at radius 2 is 2.33 bits per heavy atom. The van der Waals surface area contributed by atoms with Crippen LogP contribution in [-0.2, 0) is 4.74 Å². The number of halogens is 1. The number of nitrogens with two attached hydrogens (primary N) is 1. The van der Waals surface area contributed by atoms with Crippen molar-refractivity contribution in [2.45, 2.75) is 12.8 Å². The van der Waals surface area contributed by atoms with E-state index in [1.807, 2.05) is 0 Å². The average Bonchev–Trinajstić information content (AvgIpc) is 2.80. The van der Waals surface area contributed by atoms with Gasteiger partial charge in [0.2, 0.25) is 0 Å². The first kappa shape index (κ1) is 13.2. The molecular weight excluding hydrogens is 252 g/mol. The Kier molecular flexibility index (Phi) is 4.44. The molecule has 98 valence electrons. The van der Waals surface area contributed by atoms with E-state index in [0.717, 1.165) is 26.1 Å². The number of hydrogen-bond donors (Lipinski definition) is 2. The molecule has 5 heteroatoms. The lowest BCUT2D eigenvalue weighted by Crippen LogP contribution is -2.26. The van der Waals surface area contributed by atoms with Crippen LogP contribution in [0.15, 0.2) is 18.2 Å². The van der Waals surface area contributed by atoms with Gasteiger partial charge in [0.05, 0.1) is 0 Å². The van der Waals surface area contributed by atoms with Gasteiger partial charge < -0.3 is 15.8 Å². The maximum atomic E-state index is 11.9. The second-order valence-corrected chi connectivity index (χ2v) is 4.98. The summed E-state index contributed by atoms with van der Waals surface area (Å²) in [6.07, 6.45) is 2.03.